The lowest BCUT2D eigenvalue weighted by Gasteiger charge is -2.27. The normalized spacial score (nSPS) is 20.8. The zero-order valence-electron chi connectivity index (χ0n) is 15.4. The molecule has 3 N–H and O–H groups in total. The summed E-state index contributed by atoms with van der Waals surface area (Å²) in [5.41, 5.74) is 2.44. The SMILES string of the molecule is CCNC(=NCc1ccccc1Cn1cccn1)NC1CCC(O)CC1. The Morgan fingerprint density at radius 3 is 2.65 bits per heavy atom. The summed E-state index contributed by atoms with van der Waals surface area (Å²) in [7, 11) is 0. The number of rotatable bonds is 6. The van der Waals surface area contributed by atoms with Gasteiger partial charge < -0.3 is 15.7 Å². The smallest absolute Gasteiger partial charge is 0.191 e. The van der Waals surface area contributed by atoms with Crippen molar-refractivity contribution in [2.45, 2.75) is 57.8 Å². The average molecular weight is 355 g/mol. The molecular formula is C20H29N5O. The highest BCUT2D eigenvalue weighted by Crippen LogP contribution is 2.18. The topological polar surface area (TPSA) is 74.5 Å². The summed E-state index contributed by atoms with van der Waals surface area (Å²) in [6.07, 6.45) is 7.34. The number of guanidine groups is 1. The monoisotopic (exact) mass is 355 g/mol. The van der Waals surface area contributed by atoms with Crippen LogP contribution in [0.2, 0.25) is 0 Å². The van der Waals surface area contributed by atoms with Crippen LogP contribution in [0, 0.1) is 0 Å². The largest absolute Gasteiger partial charge is 0.393 e. The number of hydrogen-bond donors (Lipinski definition) is 3. The Balaban J connectivity index is 1.65. The maximum atomic E-state index is 9.67. The Kier molecular flexibility index (Phi) is 6.66. The first-order valence-electron chi connectivity index (χ1n) is 9.51. The van der Waals surface area contributed by atoms with E-state index >= 15 is 0 Å². The third-order valence-electron chi connectivity index (χ3n) is 4.80. The summed E-state index contributed by atoms with van der Waals surface area (Å²) in [5.74, 6) is 0.850. The summed E-state index contributed by atoms with van der Waals surface area (Å²) in [6, 6.07) is 10.7. The summed E-state index contributed by atoms with van der Waals surface area (Å²) in [4.78, 5) is 4.79. The highest BCUT2D eigenvalue weighted by molar-refractivity contribution is 5.80. The van der Waals surface area contributed by atoms with Crippen molar-refractivity contribution in [2.75, 3.05) is 6.54 Å². The van der Waals surface area contributed by atoms with Gasteiger partial charge in [-0.25, -0.2) is 4.99 Å². The Bertz CT molecular complexity index is 690. The molecule has 0 atom stereocenters. The van der Waals surface area contributed by atoms with Gasteiger partial charge in [-0.3, -0.25) is 4.68 Å². The fourth-order valence-electron chi connectivity index (χ4n) is 3.33. The van der Waals surface area contributed by atoms with Gasteiger partial charge in [0, 0.05) is 25.0 Å². The quantitative estimate of drug-likeness (QED) is 0.549. The summed E-state index contributed by atoms with van der Waals surface area (Å²) in [6.45, 7) is 4.29. The minimum absolute atomic E-state index is 0.137. The molecule has 26 heavy (non-hydrogen) atoms. The Morgan fingerprint density at radius 2 is 1.96 bits per heavy atom. The molecule has 1 aromatic heterocycles. The molecule has 0 unspecified atom stereocenters. The van der Waals surface area contributed by atoms with Gasteiger partial charge in [0.1, 0.15) is 0 Å². The molecule has 1 aromatic carbocycles. The number of aliphatic hydroxyl groups is 1. The first-order chi connectivity index (χ1) is 12.7. The van der Waals surface area contributed by atoms with E-state index in [1.807, 2.05) is 16.9 Å². The van der Waals surface area contributed by atoms with E-state index in [1.54, 1.807) is 6.20 Å². The van der Waals surface area contributed by atoms with E-state index in [4.69, 9.17) is 4.99 Å². The molecule has 0 spiro atoms. The van der Waals surface area contributed by atoms with Crippen molar-refractivity contribution >= 4 is 5.96 Å². The molecule has 2 aromatic rings. The molecule has 0 saturated heterocycles. The van der Waals surface area contributed by atoms with Gasteiger partial charge in [0.05, 0.1) is 19.2 Å². The predicted molar refractivity (Wildman–Crippen MR) is 104 cm³/mol. The zero-order chi connectivity index (χ0) is 18.2. The van der Waals surface area contributed by atoms with Crippen molar-refractivity contribution in [1.82, 2.24) is 20.4 Å². The standard InChI is InChI=1S/C20H29N5O/c1-2-21-20(24-18-8-10-19(26)11-9-18)22-14-16-6-3-4-7-17(16)15-25-13-5-12-23-25/h3-7,12-13,18-19,26H,2,8-11,14-15H2,1H3,(H2,21,22,24). The zero-order valence-corrected chi connectivity index (χ0v) is 15.4. The lowest BCUT2D eigenvalue weighted by Crippen LogP contribution is -2.45. The molecule has 140 valence electrons. The molecule has 0 bridgehead atoms. The molecule has 6 nitrogen and oxygen atoms in total. The summed E-state index contributed by atoms with van der Waals surface area (Å²) < 4.78 is 1.93. The number of aliphatic hydroxyl groups excluding tert-OH is 1. The number of nitrogens with zero attached hydrogens (tertiary/aromatic N) is 3. The highest BCUT2D eigenvalue weighted by atomic mass is 16.3. The van der Waals surface area contributed by atoms with Gasteiger partial charge in [-0.15, -0.1) is 0 Å². The number of hydrogen-bond acceptors (Lipinski definition) is 3. The second-order valence-corrected chi connectivity index (χ2v) is 6.82. The minimum Gasteiger partial charge on any atom is -0.393 e. The van der Waals surface area contributed by atoms with Crippen LogP contribution in [-0.4, -0.2) is 39.5 Å². The molecule has 0 amide bonds. The van der Waals surface area contributed by atoms with E-state index in [2.05, 4.69) is 46.9 Å². The van der Waals surface area contributed by atoms with Crippen LogP contribution < -0.4 is 10.6 Å². The van der Waals surface area contributed by atoms with Crippen LogP contribution in [0.1, 0.15) is 43.7 Å². The van der Waals surface area contributed by atoms with Gasteiger partial charge in [0.25, 0.3) is 0 Å². The lowest BCUT2D eigenvalue weighted by atomic mass is 9.93. The third kappa shape index (κ3) is 5.33. The molecule has 6 heteroatoms. The Hall–Kier alpha value is -2.34. The first-order valence-corrected chi connectivity index (χ1v) is 9.51. The Labute approximate surface area is 155 Å². The van der Waals surface area contributed by atoms with E-state index in [-0.39, 0.29) is 6.10 Å². The van der Waals surface area contributed by atoms with Crippen molar-refractivity contribution in [3.63, 3.8) is 0 Å². The molecule has 0 aliphatic heterocycles. The van der Waals surface area contributed by atoms with Crippen molar-refractivity contribution in [3.05, 3.63) is 53.9 Å². The fraction of sp³-hybridized carbons (Fsp3) is 0.500. The van der Waals surface area contributed by atoms with E-state index in [9.17, 15) is 5.11 Å². The number of aliphatic imine (C=N–C) groups is 1. The van der Waals surface area contributed by atoms with Crippen molar-refractivity contribution in [2.24, 2.45) is 4.99 Å². The van der Waals surface area contributed by atoms with E-state index in [0.717, 1.165) is 44.7 Å². The fourth-order valence-corrected chi connectivity index (χ4v) is 3.33. The average Bonchev–Trinajstić information content (AvgIpc) is 3.16. The van der Waals surface area contributed by atoms with Crippen LogP contribution in [0.5, 0.6) is 0 Å². The van der Waals surface area contributed by atoms with Crippen LogP contribution in [0.4, 0.5) is 0 Å². The van der Waals surface area contributed by atoms with Crippen LogP contribution in [-0.2, 0) is 13.1 Å². The molecule has 0 radical (unpaired) electrons. The molecule has 3 rings (SSSR count). The molecule has 1 heterocycles. The number of benzene rings is 1. The van der Waals surface area contributed by atoms with Crippen LogP contribution in [0.15, 0.2) is 47.7 Å². The van der Waals surface area contributed by atoms with Gasteiger partial charge in [-0.1, -0.05) is 24.3 Å². The van der Waals surface area contributed by atoms with Gasteiger partial charge in [-0.05, 0) is 49.8 Å². The maximum Gasteiger partial charge on any atom is 0.191 e. The second-order valence-electron chi connectivity index (χ2n) is 6.82. The molecular weight excluding hydrogens is 326 g/mol. The predicted octanol–water partition coefficient (Wildman–Crippen LogP) is 2.29. The van der Waals surface area contributed by atoms with Crippen LogP contribution >= 0.6 is 0 Å². The van der Waals surface area contributed by atoms with Gasteiger partial charge in [-0.2, -0.15) is 5.10 Å². The maximum absolute atomic E-state index is 9.67. The van der Waals surface area contributed by atoms with E-state index in [1.165, 1.54) is 11.1 Å². The molecule has 1 aliphatic rings. The van der Waals surface area contributed by atoms with Gasteiger partial charge in [0.15, 0.2) is 5.96 Å². The first kappa shape index (κ1) is 18.5. The minimum atomic E-state index is -0.137. The molecule has 1 saturated carbocycles. The summed E-state index contributed by atoms with van der Waals surface area (Å²) >= 11 is 0. The van der Waals surface area contributed by atoms with Crippen molar-refractivity contribution in [1.29, 1.82) is 0 Å². The van der Waals surface area contributed by atoms with E-state index < -0.39 is 0 Å². The van der Waals surface area contributed by atoms with Gasteiger partial charge >= 0.3 is 0 Å². The number of aromatic nitrogens is 2. The van der Waals surface area contributed by atoms with Crippen molar-refractivity contribution < 1.29 is 5.11 Å². The van der Waals surface area contributed by atoms with Crippen LogP contribution in [0.25, 0.3) is 0 Å². The summed E-state index contributed by atoms with van der Waals surface area (Å²) in [5, 5.41) is 20.8. The van der Waals surface area contributed by atoms with Crippen molar-refractivity contribution in [3.8, 4) is 0 Å². The number of nitrogens with one attached hydrogen (secondary N) is 2. The molecule has 1 fully saturated rings. The van der Waals surface area contributed by atoms with Gasteiger partial charge in [0.2, 0.25) is 0 Å². The third-order valence-corrected chi connectivity index (χ3v) is 4.80. The van der Waals surface area contributed by atoms with E-state index in [0.29, 0.717) is 12.6 Å². The Morgan fingerprint density at radius 1 is 1.19 bits per heavy atom. The highest BCUT2D eigenvalue weighted by Gasteiger charge is 2.19. The second kappa shape index (κ2) is 9.38. The van der Waals surface area contributed by atoms with Crippen LogP contribution in [0.3, 0.4) is 0 Å². The lowest BCUT2D eigenvalue weighted by molar-refractivity contribution is 0.120. The molecule has 1 aliphatic carbocycles.